The second kappa shape index (κ2) is 8.79. The summed E-state index contributed by atoms with van der Waals surface area (Å²) in [5.41, 5.74) is 2.67. The van der Waals surface area contributed by atoms with Crippen LogP contribution in [0.25, 0.3) is 6.08 Å². The zero-order chi connectivity index (χ0) is 21.8. The highest BCUT2D eigenvalue weighted by molar-refractivity contribution is 5.57. The molecule has 1 saturated heterocycles. The molecular weight excluding hydrogens is 403 g/mol. The van der Waals surface area contributed by atoms with Gasteiger partial charge in [-0.25, -0.2) is 4.98 Å². The molecule has 0 saturated carbocycles. The highest BCUT2D eigenvalue weighted by Crippen LogP contribution is 2.31. The number of pyridine rings is 2. The molecular formula is C24H22F3N3O. The van der Waals surface area contributed by atoms with Gasteiger partial charge in [0.25, 0.3) is 0 Å². The van der Waals surface area contributed by atoms with Crippen LogP contribution in [-0.4, -0.2) is 23.1 Å². The Labute approximate surface area is 179 Å². The quantitative estimate of drug-likeness (QED) is 0.498. The van der Waals surface area contributed by atoms with Crippen molar-refractivity contribution >= 4 is 11.8 Å². The Morgan fingerprint density at radius 2 is 1.97 bits per heavy atom. The van der Waals surface area contributed by atoms with E-state index in [9.17, 15) is 13.2 Å². The maximum absolute atomic E-state index is 12.7. The molecule has 3 aromatic rings. The van der Waals surface area contributed by atoms with Crippen molar-refractivity contribution in [3.63, 3.8) is 0 Å². The molecule has 0 bridgehead atoms. The number of piperidine rings is 1. The summed E-state index contributed by atoms with van der Waals surface area (Å²) in [6.07, 6.45) is 3.13. The number of hydrogen-bond acceptors (Lipinski definition) is 4. The molecule has 4 rings (SSSR count). The molecule has 160 valence electrons. The maximum atomic E-state index is 12.7. The Morgan fingerprint density at radius 1 is 1.10 bits per heavy atom. The minimum absolute atomic E-state index is 0.121. The predicted molar refractivity (Wildman–Crippen MR) is 114 cm³/mol. The Balaban J connectivity index is 1.44. The standard InChI is InChI=1S/C24H22F3N3O/c1-17-16-30(21-5-3-10-28-15-21)11-9-19(17)12-18-4-2-6-22(13-18)31-23-8-7-20(14-29-23)24(25,26)27/h2-8,10,12-15,17H,9,11,16H2,1H3. The third-order valence-electron chi connectivity index (χ3n) is 5.30. The number of halogens is 3. The minimum atomic E-state index is -4.42. The molecule has 2 aromatic heterocycles. The first-order valence-corrected chi connectivity index (χ1v) is 10.0. The van der Waals surface area contributed by atoms with E-state index in [-0.39, 0.29) is 5.88 Å². The summed E-state index contributed by atoms with van der Waals surface area (Å²) in [5.74, 6) is 1.04. The Morgan fingerprint density at radius 3 is 2.65 bits per heavy atom. The number of rotatable bonds is 4. The lowest BCUT2D eigenvalue weighted by Gasteiger charge is -2.34. The highest BCUT2D eigenvalue weighted by atomic mass is 19.4. The Hall–Kier alpha value is -3.35. The summed E-state index contributed by atoms with van der Waals surface area (Å²) >= 11 is 0. The molecule has 0 N–H and O–H groups in total. The monoisotopic (exact) mass is 425 g/mol. The van der Waals surface area contributed by atoms with E-state index in [2.05, 4.69) is 33.9 Å². The van der Waals surface area contributed by atoms with Crippen molar-refractivity contribution in [2.45, 2.75) is 19.5 Å². The van der Waals surface area contributed by atoms with Gasteiger partial charge < -0.3 is 9.64 Å². The van der Waals surface area contributed by atoms with Crippen molar-refractivity contribution in [1.29, 1.82) is 0 Å². The number of hydrogen-bond donors (Lipinski definition) is 0. The molecule has 0 amide bonds. The van der Waals surface area contributed by atoms with Gasteiger partial charge in [0.15, 0.2) is 0 Å². The van der Waals surface area contributed by atoms with Crippen LogP contribution in [0.2, 0.25) is 0 Å². The van der Waals surface area contributed by atoms with Gasteiger partial charge in [-0.1, -0.05) is 30.7 Å². The minimum Gasteiger partial charge on any atom is -0.439 e. The van der Waals surface area contributed by atoms with Gasteiger partial charge in [-0.05, 0) is 48.2 Å². The van der Waals surface area contributed by atoms with Gasteiger partial charge in [-0.3, -0.25) is 4.98 Å². The molecule has 0 radical (unpaired) electrons. The van der Waals surface area contributed by atoms with E-state index in [0.29, 0.717) is 11.7 Å². The van der Waals surface area contributed by atoms with Gasteiger partial charge in [0.05, 0.1) is 17.4 Å². The first-order chi connectivity index (χ1) is 14.9. The van der Waals surface area contributed by atoms with Gasteiger partial charge in [-0.15, -0.1) is 0 Å². The van der Waals surface area contributed by atoms with Gasteiger partial charge in [0, 0.05) is 31.5 Å². The number of anilines is 1. The first kappa shape index (κ1) is 20.9. The third kappa shape index (κ3) is 5.23. The second-order valence-electron chi connectivity index (χ2n) is 7.58. The fourth-order valence-corrected chi connectivity index (χ4v) is 3.65. The summed E-state index contributed by atoms with van der Waals surface area (Å²) in [6, 6.07) is 13.7. The van der Waals surface area contributed by atoms with E-state index in [1.807, 2.05) is 30.5 Å². The molecule has 1 fully saturated rings. The number of alkyl halides is 3. The summed E-state index contributed by atoms with van der Waals surface area (Å²) < 4.78 is 43.7. The molecule has 1 aliphatic rings. The van der Waals surface area contributed by atoms with Crippen LogP contribution in [0.15, 0.2) is 72.7 Å². The smallest absolute Gasteiger partial charge is 0.417 e. The molecule has 1 aromatic carbocycles. The van der Waals surface area contributed by atoms with Crippen molar-refractivity contribution in [1.82, 2.24) is 9.97 Å². The van der Waals surface area contributed by atoms with E-state index in [0.717, 1.165) is 43.0 Å². The topological polar surface area (TPSA) is 38.2 Å². The molecule has 4 nitrogen and oxygen atoms in total. The number of ether oxygens (including phenoxy) is 1. The van der Waals surface area contributed by atoms with Crippen LogP contribution in [0.5, 0.6) is 11.6 Å². The molecule has 1 aliphatic heterocycles. The van der Waals surface area contributed by atoms with E-state index in [1.165, 1.54) is 11.6 Å². The predicted octanol–water partition coefficient (Wildman–Crippen LogP) is 6.22. The number of benzene rings is 1. The van der Waals surface area contributed by atoms with E-state index >= 15 is 0 Å². The number of nitrogens with zero attached hydrogens (tertiary/aromatic N) is 3. The molecule has 0 spiro atoms. The summed E-state index contributed by atoms with van der Waals surface area (Å²) in [7, 11) is 0. The number of aromatic nitrogens is 2. The van der Waals surface area contributed by atoms with Gasteiger partial charge >= 0.3 is 6.18 Å². The van der Waals surface area contributed by atoms with Crippen molar-refractivity contribution in [2.24, 2.45) is 5.92 Å². The van der Waals surface area contributed by atoms with Crippen molar-refractivity contribution in [2.75, 3.05) is 18.0 Å². The van der Waals surface area contributed by atoms with E-state index < -0.39 is 11.7 Å². The zero-order valence-electron chi connectivity index (χ0n) is 17.0. The Kier molecular flexibility index (Phi) is 5.93. The zero-order valence-corrected chi connectivity index (χ0v) is 17.0. The lowest BCUT2D eigenvalue weighted by atomic mass is 9.91. The average Bonchev–Trinajstić information content (AvgIpc) is 2.76. The van der Waals surface area contributed by atoms with Gasteiger partial charge in [-0.2, -0.15) is 13.2 Å². The largest absolute Gasteiger partial charge is 0.439 e. The molecule has 31 heavy (non-hydrogen) atoms. The fourth-order valence-electron chi connectivity index (χ4n) is 3.65. The summed E-state index contributed by atoms with van der Waals surface area (Å²) in [5, 5.41) is 0. The van der Waals surface area contributed by atoms with Crippen molar-refractivity contribution in [3.05, 3.63) is 83.8 Å². The van der Waals surface area contributed by atoms with Crippen LogP contribution in [0.4, 0.5) is 18.9 Å². The first-order valence-electron chi connectivity index (χ1n) is 10.0. The molecule has 7 heteroatoms. The molecule has 0 aliphatic carbocycles. The maximum Gasteiger partial charge on any atom is 0.417 e. The van der Waals surface area contributed by atoms with Crippen LogP contribution in [0, 0.1) is 5.92 Å². The third-order valence-corrected chi connectivity index (χ3v) is 5.30. The lowest BCUT2D eigenvalue weighted by molar-refractivity contribution is -0.137. The van der Waals surface area contributed by atoms with Gasteiger partial charge in [0.2, 0.25) is 5.88 Å². The normalized spacial score (nSPS) is 18.3. The average molecular weight is 425 g/mol. The summed E-state index contributed by atoms with van der Waals surface area (Å²) in [4.78, 5) is 10.3. The molecule has 1 atom stereocenters. The van der Waals surface area contributed by atoms with E-state index in [4.69, 9.17) is 4.74 Å². The van der Waals surface area contributed by atoms with Crippen molar-refractivity contribution in [3.8, 4) is 11.6 Å². The lowest BCUT2D eigenvalue weighted by Crippen LogP contribution is -2.35. The van der Waals surface area contributed by atoms with Crippen LogP contribution in [-0.2, 0) is 6.18 Å². The van der Waals surface area contributed by atoms with Crippen LogP contribution < -0.4 is 9.64 Å². The summed E-state index contributed by atoms with van der Waals surface area (Å²) in [6.45, 7) is 4.05. The van der Waals surface area contributed by atoms with Gasteiger partial charge in [0.1, 0.15) is 5.75 Å². The second-order valence-corrected chi connectivity index (χ2v) is 7.58. The van der Waals surface area contributed by atoms with Crippen LogP contribution in [0.1, 0.15) is 24.5 Å². The van der Waals surface area contributed by atoms with E-state index in [1.54, 1.807) is 12.3 Å². The Bertz CT molecular complexity index is 1050. The van der Waals surface area contributed by atoms with Crippen molar-refractivity contribution < 1.29 is 17.9 Å². The fraction of sp³-hybridized carbons (Fsp3) is 0.250. The van der Waals surface area contributed by atoms with Crippen LogP contribution in [0.3, 0.4) is 0 Å². The highest BCUT2D eigenvalue weighted by Gasteiger charge is 2.30. The van der Waals surface area contributed by atoms with Crippen LogP contribution >= 0.6 is 0 Å². The SMILES string of the molecule is CC1CN(c2cccnc2)CCC1=Cc1cccc(Oc2ccc(C(F)(F)F)cn2)c1. The molecule has 1 unspecified atom stereocenters. The molecule has 3 heterocycles.